The van der Waals surface area contributed by atoms with Gasteiger partial charge in [-0.05, 0) is 30.9 Å². The van der Waals surface area contributed by atoms with Gasteiger partial charge in [0, 0.05) is 19.4 Å². The van der Waals surface area contributed by atoms with Crippen molar-refractivity contribution in [3.8, 4) is 0 Å². The minimum Gasteiger partial charge on any atom is -0.373 e. The summed E-state index contributed by atoms with van der Waals surface area (Å²) in [4.78, 5) is 10.1. The molecule has 1 aromatic heterocycles. The molecule has 2 atom stereocenters. The Hall–Kier alpha value is -1.21. The van der Waals surface area contributed by atoms with Crippen molar-refractivity contribution in [3.63, 3.8) is 0 Å². The fraction of sp³-hybridized carbons (Fsp3) is 0.571. The molecule has 0 radical (unpaired) electrons. The summed E-state index contributed by atoms with van der Waals surface area (Å²) in [5.74, 6) is -2.89. The van der Waals surface area contributed by atoms with Crippen molar-refractivity contribution in [2.45, 2.75) is 24.9 Å². The predicted molar refractivity (Wildman–Crippen MR) is 80.9 cm³/mol. The van der Waals surface area contributed by atoms with Crippen LogP contribution in [0.5, 0.6) is 0 Å². The molecule has 0 bridgehead atoms. The monoisotopic (exact) mass is 315 g/mol. The fourth-order valence-electron chi connectivity index (χ4n) is 2.11. The van der Waals surface area contributed by atoms with E-state index in [9.17, 15) is 8.78 Å². The molecule has 0 aromatic carbocycles. The van der Waals surface area contributed by atoms with Gasteiger partial charge in [-0.3, -0.25) is 9.98 Å². The van der Waals surface area contributed by atoms with Crippen LogP contribution in [0.15, 0.2) is 29.5 Å². The Bertz CT molecular complexity index is 498. The van der Waals surface area contributed by atoms with E-state index in [4.69, 9.17) is 4.74 Å². The SMILES string of the molecule is CSC(=NC1COCC1(F)F)N(C)[C@@H](C)c1ccncc1. The predicted octanol–water partition coefficient (Wildman–Crippen LogP) is 2.83. The number of rotatable bonds is 3. The number of aromatic nitrogens is 1. The van der Waals surface area contributed by atoms with Crippen molar-refractivity contribution in [2.24, 2.45) is 4.99 Å². The average molecular weight is 315 g/mol. The molecule has 2 rings (SSSR count). The summed E-state index contributed by atoms with van der Waals surface area (Å²) < 4.78 is 32.1. The van der Waals surface area contributed by atoms with E-state index in [1.54, 1.807) is 12.4 Å². The Labute approximate surface area is 127 Å². The minimum absolute atomic E-state index is 0.0233. The van der Waals surface area contributed by atoms with Gasteiger partial charge in [-0.2, -0.15) is 0 Å². The van der Waals surface area contributed by atoms with Crippen molar-refractivity contribution in [3.05, 3.63) is 30.1 Å². The van der Waals surface area contributed by atoms with Crippen LogP contribution in [0, 0.1) is 0 Å². The summed E-state index contributed by atoms with van der Waals surface area (Å²) in [6.45, 7) is 1.42. The van der Waals surface area contributed by atoms with E-state index in [2.05, 4.69) is 9.98 Å². The number of pyridine rings is 1. The van der Waals surface area contributed by atoms with E-state index in [-0.39, 0.29) is 12.6 Å². The van der Waals surface area contributed by atoms with E-state index < -0.39 is 18.6 Å². The molecule has 1 aliphatic rings. The molecule has 0 spiro atoms. The van der Waals surface area contributed by atoms with Crippen LogP contribution in [0.2, 0.25) is 0 Å². The summed E-state index contributed by atoms with van der Waals surface area (Å²) in [5.41, 5.74) is 1.06. The van der Waals surface area contributed by atoms with Crippen LogP contribution in [-0.4, -0.2) is 53.5 Å². The first-order valence-corrected chi connectivity index (χ1v) is 7.88. The van der Waals surface area contributed by atoms with Crippen molar-refractivity contribution >= 4 is 16.9 Å². The quantitative estimate of drug-likeness (QED) is 0.635. The first kappa shape index (κ1) is 16.2. The highest BCUT2D eigenvalue weighted by Crippen LogP contribution is 2.30. The molecule has 0 aliphatic carbocycles. The topological polar surface area (TPSA) is 37.7 Å². The second kappa shape index (κ2) is 6.70. The summed E-state index contributed by atoms with van der Waals surface area (Å²) in [7, 11) is 1.86. The van der Waals surface area contributed by atoms with Crippen LogP contribution < -0.4 is 0 Å². The number of ether oxygens (including phenoxy) is 1. The zero-order valence-electron chi connectivity index (χ0n) is 12.3. The van der Waals surface area contributed by atoms with Gasteiger partial charge < -0.3 is 9.64 Å². The lowest BCUT2D eigenvalue weighted by molar-refractivity contribution is -0.0163. The molecule has 1 aliphatic heterocycles. The number of alkyl halides is 2. The van der Waals surface area contributed by atoms with Crippen molar-refractivity contribution < 1.29 is 13.5 Å². The molecule has 1 saturated heterocycles. The van der Waals surface area contributed by atoms with Crippen molar-refractivity contribution in [2.75, 3.05) is 26.5 Å². The zero-order valence-corrected chi connectivity index (χ0v) is 13.1. The van der Waals surface area contributed by atoms with Crippen molar-refractivity contribution in [1.82, 2.24) is 9.88 Å². The Morgan fingerprint density at radius 3 is 2.71 bits per heavy atom. The number of thioether (sulfide) groups is 1. The molecule has 1 fully saturated rings. The molecular formula is C14H19F2N3OS. The largest absolute Gasteiger partial charge is 0.373 e. The van der Waals surface area contributed by atoms with Crippen LogP contribution in [0.4, 0.5) is 8.78 Å². The van der Waals surface area contributed by atoms with Gasteiger partial charge in [-0.1, -0.05) is 11.8 Å². The van der Waals surface area contributed by atoms with Crippen LogP contribution in [0.3, 0.4) is 0 Å². The molecule has 7 heteroatoms. The zero-order chi connectivity index (χ0) is 15.5. The number of hydrogen-bond acceptors (Lipinski definition) is 4. The second-order valence-corrected chi connectivity index (χ2v) is 5.75. The van der Waals surface area contributed by atoms with Crippen LogP contribution in [0.25, 0.3) is 0 Å². The van der Waals surface area contributed by atoms with E-state index in [0.717, 1.165) is 5.56 Å². The van der Waals surface area contributed by atoms with Gasteiger partial charge in [-0.25, -0.2) is 8.78 Å². The summed E-state index contributed by atoms with van der Waals surface area (Å²) in [5, 5.41) is 0.578. The Balaban J connectivity index is 2.17. The maximum Gasteiger partial charge on any atom is 0.295 e. The highest BCUT2D eigenvalue weighted by molar-refractivity contribution is 8.13. The molecule has 21 heavy (non-hydrogen) atoms. The molecule has 0 N–H and O–H groups in total. The van der Waals surface area contributed by atoms with E-state index >= 15 is 0 Å². The smallest absolute Gasteiger partial charge is 0.295 e. The first-order chi connectivity index (χ1) is 9.95. The minimum atomic E-state index is -2.89. The normalized spacial score (nSPS) is 23.1. The lowest BCUT2D eigenvalue weighted by Crippen LogP contribution is -2.34. The number of amidine groups is 1. The van der Waals surface area contributed by atoms with E-state index in [0.29, 0.717) is 5.17 Å². The highest BCUT2D eigenvalue weighted by atomic mass is 32.2. The maximum atomic E-state index is 13.6. The standard InChI is InChI=1S/C14H19F2N3OS/c1-10(11-4-6-17-7-5-11)19(2)13(21-3)18-12-8-20-9-14(12,15)16/h4-7,10,12H,8-9H2,1-3H3/t10-,12?/m0/s1. The van der Waals surface area contributed by atoms with Crippen molar-refractivity contribution in [1.29, 1.82) is 0 Å². The van der Waals surface area contributed by atoms with Crippen LogP contribution in [0.1, 0.15) is 18.5 Å². The Morgan fingerprint density at radius 1 is 1.52 bits per heavy atom. The average Bonchev–Trinajstić information content (AvgIpc) is 2.82. The lowest BCUT2D eigenvalue weighted by atomic mass is 10.1. The number of aliphatic imine (C=N–C) groups is 1. The number of halogens is 2. The fourth-order valence-corrected chi connectivity index (χ4v) is 2.79. The molecular weight excluding hydrogens is 296 g/mol. The van der Waals surface area contributed by atoms with Crippen LogP contribution >= 0.6 is 11.8 Å². The third-order valence-electron chi connectivity index (χ3n) is 3.58. The number of hydrogen-bond donors (Lipinski definition) is 0. The summed E-state index contributed by atoms with van der Waals surface area (Å²) in [6, 6.07) is 2.74. The van der Waals surface area contributed by atoms with Gasteiger partial charge in [0.15, 0.2) is 5.17 Å². The molecule has 4 nitrogen and oxygen atoms in total. The van der Waals surface area contributed by atoms with Crippen LogP contribution in [-0.2, 0) is 4.74 Å². The highest BCUT2D eigenvalue weighted by Gasteiger charge is 2.45. The van der Waals surface area contributed by atoms with Gasteiger partial charge in [0.05, 0.1) is 12.6 Å². The summed E-state index contributed by atoms with van der Waals surface area (Å²) >= 11 is 1.36. The number of nitrogens with zero attached hydrogens (tertiary/aromatic N) is 3. The Kier molecular flexibility index (Phi) is 5.16. The van der Waals surface area contributed by atoms with E-state index in [1.807, 2.05) is 37.3 Å². The van der Waals surface area contributed by atoms with Gasteiger partial charge in [-0.15, -0.1) is 0 Å². The lowest BCUT2D eigenvalue weighted by Gasteiger charge is -2.28. The molecule has 0 amide bonds. The third kappa shape index (κ3) is 3.71. The van der Waals surface area contributed by atoms with Gasteiger partial charge in [0.25, 0.3) is 5.92 Å². The molecule has 2 heterocycles. The molecule has 116 valence electrons. The maximum absolute atomic E-state index is 13.6. The molecule has 0 saturated carbocycles. The summed E-state index contributed by atoms with van der Waals surface area (Å²) in [6.07, 6.45) is 5.27. The first-order valence-electron chi connectivity index (χ1n) is 6.66. The van der Waals surface area contributed by atoms with Gasteiger partial charge >= 0.3 is 0 Å². The van der Waals surface area contributed by atoms with Gasteiger partial charge in [0.2, 0.25) is 0 Å². The third-order valence-corrected chi connectivity index (χ3v) is 4.34. The molecule has 1 aromatic rings. The van der Waals surface area contributed by atoms with Gasteiger partial charge in [0.1, 0.15) is 12.6 Å². The Morgan fingerprint density at radius 2 is 2.19 bits per heavy atom. The molecule has 1 unspecified atom stereocenters. The van der Waals surface area contributed by atoms with E-state index in [1.165, 1.54) is 11.8 Å². The second-order valence-electron chi connectivity index (χ2n) is 4.98.